The van der Waals surface area contributed by atoms with Gasteiger partial charge in [-0.3, -0.25) is 4.79 Å². The van der Waals surface area contributed by atoms with Gasteiger partial charge in [0.05, 0.1) is 14.2 Å². The summed E-state index contributed by atoms with van der Waals surface area (Å²) in [6, 6.07) is 10.5. The quantitative estimate of drug-likeness (QED) is 0.710. The van der Waals surface area contributed by atoms with Gasteiger partial charge in [0.2, 0.25) is 0 Å². The fourth-order valence-electron chi connectivity index (χ4n) is 2.50. The van der Waals surface area contributed by atoms with Crippen LogP contribution in [0.2, 0.25) is 5.02 Å². The molecule has 0 saturated heterocycles. The van der Waals surface area contributed by atoms with Gasteiger partial charge in [0, 0.05) is 16.3 Å². The van der Waals surface area contributed by atoms with E-state index >= 15 is 0 Å². The van der Waals surface area contributed by atoms with Gasteiger partial charge in [0.15, 0.2) is 29.3 Å². The molecule has 1 amide bonds. The monoisotopic (exact) mass is 372 g/mol. The summed E-state index contributed by atoms with van der Waals surface area (Å²) >= 11 is 6.00. The van der Waals surface area contributed by atoms with Crippen LogP contribution in [0.25, 0.3) is 11.3 Å². The molecule has 7 heteroatoms. The second-order valence-corrected chi connectivity index (χ2v) is 5.95. The lowest BCUT2D eigenvalue weighted by molar-refractivity contribution is 0.102. The van der Waals surface area contributed by atoms with E-state index in [2.05, 4.69) is 10.3 Å². The molecule has 0 fully saturated rings. The molecule has 0 bridgehead atoms. The van der Waals surface area contributed by atoms with Crippen molar-refractivity contribution in [1.82, 2.24) is 4.98 Å². The van der Waals surface area contributed by atoms with Gasteiger partial charge in [-0.15, -0.1) is 0 Å². The van der Waals surface area contributed by atoms with Crippen LogP contribution in [0.3, 0.4) is 0 Å². The van der Waals surface area contributed by atoms with Crippen molar-refractivity contribution in [3.05, 3.63) is 59.1 Å². The Balaban J connectivity index is 1.93. The zero-order valence-electron chi connectivity index (χ0n) is 14.5. The Morgan fingerprint density at radius 3 is 2.62 bits per heavy atom. The molecular weight excluding hydrogens is 356 g/mol. The molecule has 0 spiro atoms. The molecule has 134 valence electrons. The van der Waals surface area contributed by atoms with Crippen molar-refractivity contribution >= 4 is 23.2 Å². The molecule has 1 N–H and O–H groups in total. The van der Waals surface area contributed by atoms with Crippen molar-refractivity contribution in [3.8, 4) is 22.8 Å². The molecule has 6 nitrogen and oxygen atoms in total. The first kappa shape index (κ1) is 17.8. The van der Waals surface area contributed by atoms with E-state index < -0.39 is 5.91 Å². The van der Waals surface area contributed by atoms with Gasteiger partial charge in [-0.25, -0.2) is 4.98 Å². The minimum Gasteiger partial charge on any atom is -0.493 e. The Labute approximate surface area is 155 Å². The van der Waals surface area contributed by atoms with Gasteiger partial charge >= 0.3 is 0 Å². The molecule has 0 atom stereocenters. The highest BCUT2D eigenvalue weighted by Crippen LogP contribution is 2.33. The zero-order valence-corrected chi connectivity index (χ0v) is 15.3. The predicted molar refractivity (Wildman–Crippen MR) is 99.2 cm³/mol. The number of oxazole rings is 1. The number of benzene rings is 2. The molecule has 0 radical (unpaired) electrons. The van der Waals surface area contributed by atoms with Crippen LogP contribution in [0, 0.1) is 6.92 Å². The van der Waals surface area contributed by atoms with E-state index in [1.54, 1.807) is 37.4 Å². The van der Waals surface area contributed by atoms with E-state index in [0.717, 1.165) is 5.56 Å². The second kappa shape index (κ2) is 7.49. The van der Waals surface area contributed by atoms with E-state index in [0.29, 0.717) is 33.5 Å². The summed E-state index contributed by atoms with van der Waals surface area (Å²) in [6.45, 7) is 1.88. The summed E-state index contributed by atoms with van der Waals surface area (Å²) in [5.41, 5.74) is 2.31. The second-order valence-electron chi connectivity index (χ2n) is 5.51. The molecule has 0 aliphatic heterocycles. The van der Waals surface area contributed by atoms with Crippen molar-refractivity contribution < 1.29 is 18.7 Å². The summed E-state index contributed by atoms with van der Waals surface area (Å²) < 4.78 is 16.0. The first-order chi connectivity index (χ1) is 12.5. The molecule has 1 heterocycles. The van der Waals surface area contributed by atoms with Crippen LogP contribution >= 0.6 is 11.6 Å². The molecule has 3 rings (SSSR count). The number of carbonyl (C=O) groups is 1. The average molecular weight is 373 g/mol. The number of aromatic nitrogens is 1. The van der Waals surface area contributed by atoms with Gasteiger partial charge in [0.1, 0.15) is 0 Å². The first-order valence-corrected chi connectivity index (χ1v) is 8.14. The van der Waals surface area contributed by atoms with Crippen LogP contribution < -0.4 is 14.8 Å². The fourth-order valence-corrected chi connectivity index (χ4v) is 2.67. The molecule has 0 aliphatic carbocycles. The van der Waals surface area contributed by atoms with Crippen molar-refractivity contribution in [3.63, 3.8) is 0 Å². The SMILES string of the molecule is COc1ccc(-c2ocnc2C(=O)Nc2cc(Cl)ccc2C)cc1OC. The van der Waals surface area contributed by atoms with Crippen LogP contribution in [0.4, 0.5) is 5.69 Å². The largest absolute Gasteiger partial charge is 0.493 e. The molecular formula is C19H17ClN2O4. The third-order valence-electron chi connectivity index (χ3n) is 3.88. The number of nitrogens with zero attached hydrogens (tertiary/aromatic N) is 1. The lowest BCUT2D eigenvalue weighted by Crippen LogP contribution is -2.14. The van der Waals surface area contributed by atoms with Crippen LogP contribution in [0.15, 0.2) is 47.2 Å². The molecule has 26 heavy (non-hydrogen) atoms. The standard InChI is InChI=1S/C19H17ClN2O4/c1-11-4-6-13(20)9-14(11)22-19(23)17-18(26-10-21-17)12-5-7-15(24-2)16(8-12)25-3/h4-10H,1-3H3,(H,22,23). The Morgan fingerprint density at radius 1 is 1.12 bits per heavy atom. The summed E-state index contributed by atoms with van der Waals surface area (Å²) in [6.07, 6.45) is 1.23. The number of carbonyl (C=O) groups excluding carboxylic acids is 1. The summed E-state index contributed by atoms with van der Waals surface area (Å²) in [5, 5.41) is 3.35. The van der Waals surface area contributed by atoms with E-state index in [1.807, 2.05) is 13.0 Å². The van der Waals surface area contributed by atoms with Gasteiger partial charge in [0.25, 0.3) is 5.91 Å². The maximum atomic E-state index is 12.7. The summed E-state index contributed by atoms with van der Waals surface area (Å²) in [5.74, 6) is 1.05. The van der Waals surface area contributed by atoms with Gasteiger partial charge in [-0.05, 0) is 42.8 Å². The number of amides is 1. The third kappa shape index (κ3) is 3.50. The molecule has 3 aromatic rings. The Kier molecular flexibility index (Phi) is 5.14. The summed E-state index contributed by atoms with van der Waals surface area (Å²) in [4.78, 5) is 16.7. The fraction of sp³-hybridized carbons (Fsp3) is 0.158. The topological polar surface area (TPSA) is 73.6 Å². The maximum Gasteiger partial charge on any atom is 0.278 e. The smallest absolute Gasteiger partial charge is 0.278 e. The minimum absolute atomic E-state index is 0.164. The zero-order chi connectivity index (χ0) is 18.7. The number of rotatable bonds is 5. The van der Waals surface area contributed by atoms with E-state index in [-0.39, 0.29) is 5.69 Å². The average Bonchev–Trinajstić information content (AvgIpc) is 3.14. The summed E-state index contributed by atoms with van der Waals surface area (Å²) in [7, 11) is 3.09. The molecule has 0 aliphatic rings. The number of ether oxygens (including phenoxy) is 2. The van der Waals surface area contributed by atoms with E-state index in [1.165, 1.54) is 13.5 Å². The van der Waals surface area contributed by atoms with Gasteiger partial charge < -0.3 is 19.2 Å². The van der Waals surface area contributed by atoms with Crippen molar-refractivity contribution in [1.29, 1.82) is 0 Å². The number of hydrogen-bond acceptors (Lipinski definition) is 5. The molecule has 1 aromatic heterocycles. The van der Waals surface area contributed by atoms with Crippen LogP contribution in [0.5, 0.6) is 11.5 Å². The van der Waals surface area contributed by atoms with Crippen molar-refractivity contribution in [2.24, 2.45) is 0 Å². The molecule has 0 saturated carbocycles. The lowest BCUT2D eigenvalue weighted by atomic mass is 10.1. The highest BCUT2D eigenvalue weighted by atomic mass is 35.5. The van der Waals surface area contributed by atoms with Crippen molar-refractivity contribution in [2.45, 2.75) is 6.92 Å². The normalized spacial score (nSPS) is 10.5. The Morgan fingerprint density at radius 2 is 1.88 bits per heavy atom. The predicted octanol–water partition coefficient (Wildman–Crippen LogP) is 4.57. The molecule has 0 unspecified atom stereocenters. The number of halogens is 1. The van der Waals surface area contributed by atoms with Crippen LogP contribution in [-0.2, 0) is 0 Å². The first-order valence-electron chi connectivity index (χ1n) is 7.77. The highest BCUT2D eigenvalue weighted by Gasteiger charge is 2.20. The number of aryl methyl sites for hydroxylation is 1. The van der Waals surface area contributed by atoms with Gasteiger partial charge in [-0.1, -0.05) is 17.7 Å². The number of methoxy groups -OCH3 is 2. The highest BCUT2D eigenvalue weighted by molar-refractivity contribution is 6.31. The van der Waals surface area contributed by atoms with Crippen molar-refractivity contribution in [2.75, 3.05) is 19.5 Å². The van der Waals surface area contributed by atoms with Crippen LogP contribution in [0.1, 0.15) is 16.1 Å². The number of hydrogen-bond donors (Lipinski definition) is 1. The van der Waals surface area contributed by atoms with Gasteiger partial charge in [-0.2, -0.15) is 0 Å². The maximum absolute atomic E-state index is 12.7. The lowest BCUT2D eigenvalue weighted by Gasteiger charge is -2.10. The van der Waals surface area contributed by atoms with E-state index in [4.69, 9.17) is 25.5 Å². The molecule has 2 aromatic carbocycles. The third-order valence-corrected chi connectivity index (χ3v) is 4.11. The van der Waals surface area contributed by atoms with Crippen LogP contribution in [-0.4, -0.2) is 25.1 Å². The Bertz CT molecular complexity index is 952. The minimum atomic E-state index is -0.395. The van der Waals surface area contributed by atoms with E-state index in [9.17, 15) is 4.79 Å². The number of nitrogens with one attached hydrogen (secondary N) is 1. The Hall–Kier alpha value is -2.99. The number of anilines is 1.